The van der Waals surface area contributed by atoms with Crippen LogP contribution in [0.3, 0.4) is 0 Å². The normalized spacial score (nSPS) is 16.4. The van der Waals surface area contributed by atoms with Gasteiger partial charge < -0.3 is 9.64 Å². The molecule has 1 heterocycles. The number of rotatable bonds is 4. The molecular formula is C22H25NO3S. The van der Waals surface area contributed by atoms with Crippen LogP contribution in [0.4, 0.5) is 5.69 Å². The fraction of sp³-hybridized carbons (Fsp3) is 0.364. The summed E-state index contributed by atoms with van der Waals surface area (Å²) in [6, 6.07) is 13.8. The van der Waals surface area contributed by atoms with Gasteiger partial charge in [0.25, 0.3) is 5.91 Å². The van der Waals surface area contributed by atoms with Gasteiger partial charge in [0.15, 0.2) is 6.61 Å². The van der Waals surface area contributed by atoms with E-state index in [1.165, 1.54) is 5.56 Å². The Labute approximate surface area is 164 Å². The second-order valence-electron chi connectivity index (χ2n) is 6.99. The van der Waals surface area contributed by atoms with Gasteiger partial charge in [-0.2, -0.15) is 0 Å². The van der Waals surface area contributed by atoms with E-state index < -0.39 is 0 Å². The number of esters is 1. The number of carbonyl (C=O) groups excluding carboxylic acids is 2. The maximum atomic E-state index is 12.7. The smallest absolute Gasteiger partial charge is 0.310 e. The Morgan fingerprint density at radius 2 is 1.93 bits per heavy atom. The van der Waals surface area contributed by atoms with Crippen LogP contribution in [0.15, 0.2) is 47.4 Å². The van der Waals surface area contributed by atoms with E-state index in [-0.39, 0.29) is 24.9 Å². The number of amides is 1. The molecule has 0 fully saturated rings. The van der Waals surface area contributed by atoms with E-state index in [2.05, 4.69) is 6.92 Å². The van der Waals surface area contributed by atoms with Crippen LogP contribution < -0.4 is 4.90 Å². The third-order valence-electron chi connectivity index (χ3n) is 4.82. The summed E-state index contributed by atoms with van der Waals surface area (Å²) in [5, 5.41) is 0.441. The number of para-hydroxylation sites is 1. The van der Waals surface area contributed by atoms with Crippen molar-refractivity contribution in [2.75, 3.05) is 18.1 Å². The summed E-state index contributed by atoms with van der Waals surface area (Å²) >= 11 is 1.78. The van der Waals surface area contributed by atoms with Crippen LogP contribution >= 0.6 is 11.8 Å². The molecule has 0 aliphatic carbocycles. The molecule has 0 aromatic heterocycles. The maximum absolute atomic E-state index is 12.7. The summed E-state index contributed by atoms with van der Waals surface area (Å²) in [7, 11) is 0. The molecule has 1 aliphatic heterocycles. The topological polar surface area (TPSA) is 46.6 Å². The average Bonchev–Trinajstić information content (AvgIpc) is 2.81. The van der Waals surface area contributed by atoms with Crippen molar-refractivity contribution in [3.05, 3.63) is 59.2 Å². The lowest BCUT2D eigenvalue weighted by molar-refractivity contribution is -0.147. The summed E-state index contributed by atoms with van der Waals surface area (Å²) in [5.74, 6) is -0.553. The number of fused-ring (bicyclic) bond motifs is 1. The van der Waals surface area contributed by atoms with Crippen LogP contribution in [-0.4, -0.2) is 30.3 Å². The molecule has 1 amide bonds. The van der Waals surface area contributed by atoms with Crippen molar-refractivity contribution in [1.82, 2.24) is 0 Å². The molecule has 27 heavy (non-hydrogen) atoms. The summed E-state index contributed by atoms with van der Waals surface area (Å²) in [6.07, 6.45) is 1.08. The van der Waals surface area contributed by atoms with Crippen LogP contribution in [0, 0.1) is 13.8 Å². The lowest BCUT2D eigenvalue weighted by Gasteiger charge is -2.22. The second-order valence-corrected chi connectivity index (χ2v) is 8.47. The number of carbonyl (C=O) groups is 2. The highest BCUT2D eigenvalue weighted by Crippen LogP contribution is 2.37. The van der Waals surface area contributed by atoms with E-state index in [1.54, 1.807) is 16.7 Å². The highest BCUT2D eigenvalue weighted by molar-refractivity contribution is 8.00. The van der Waals surface area contributed by atoms with Gasteiger partial charge in [0.05, 0.1) is 12.1 Å². The lowest BCUT2D eigenvalue weighted by Crippen LogP contribution is -2.36. The van der Waals surface area contributed by atoms with Crippen molar-refractivity contribution in [3.63, 3.8) is 0 Å². The highest BCUT2D eigenvalue weighted by Gasteiger charge is 2.24. The zero-order valence-electron chi connectivity index (χ0n) is 16.0. The number of hydrogen-bond donors (Lipinski definition) is 0. The van der Waals surface area contributed by atoms with Gasteiger partial charge in [-0.05, 0) is 49.1 Å². The number of anilines is 1. The first-order valence-corrected chi connectivity index (χ1v) is 10.1. The molecule has 4 nitrogen and oxygen atoms in total. The van der Waals surface area contributed by atoms with Crippen LogP contribution in [0.25, 0.3) is 0 Å². The zero-order valence-corrected chi connectivity index (χ0v) is 16.8. The highest BCUT2D eigenvalue weighted by atomic mass is 32.2. The number of thioether (sulfide) groups is 1. The van der Waals surface area contributed by atoms with Crippen LogP contribution in [-0.2, 0) is 20.7 Å². The first-order valence-electron chi connectivity index (χ1n) is 9.22. The van der Waals surface area contributed by atoms with E-state index >= 15 is 0 Å². The van der Waals surface area contributed by atoms with Crippen molar-refractivity contribution >= 4 is 29.3 Å². The van der Waals surface area contributed by atoms with Crippen LogP contribution in [0.5, 0.6) is 0 Å². The molecule has 0 radical (unpaired) electrons. The van der Waals surface area contributed by atoms with E-state index in [1.807, 2.05) is 56.3 Å². The second kappa shape index (κ2) is 8.61. The third kappa shape index (κ3) is 4.92. The van der Waals surface area contributed by atoms with Gasteiger partial charge in [0.2, 0.25) is 0 Å². The van der Waals surface area contributed by atoms with E-state index in [4.69, 9.17) is 4.74 Å². The number of hydrogen-bond acceptors (Lipinski definition) is 4. The minimum atomic E-state index is -0.377. The number of benzene rings is 2. The first kappa shape index (κ1) is 19.5. The van der Waals surface area contributed by atoms with E-state index in [9.17, 15) is 9.59 Å². The molecule has 2 aromatic rings. The van der Waals surface area contributed by atoms with Gasteiger partial charge in [-0.25, -0.2) is 0 Å². The Bertz CT molecular complexity index is 849. The molecular weight excluding hydrogens is 358 g/mol. The van der Waals surface area contributed by atoms with Crippen LogP contribution in [0.1, 0.15) is 30.0 Å². The van der Waals surface area contributed by atoms with Gasteiger partial charge >= 0.3 is 5.97 Å². The molecule has 0 bridgehead atoms. The Kier molecular flexibility index (Phi) is 6.22. The van der Waals surface area contributed by atoms with Crippen molar-refractivity contribution in [2.24, 2.45) is 0 Å². The number of aryl methyl sites for hydroxylation is 2. The molecule has 1 atom stereocenters. The Balaban J connectivity index is 1.61. The van der Waals surface area contributed by atoms with Crippen molar-refractivity contribution in [1.29, 1.82) is 0 Å². The van der Waals surface area contributed by atoms with Gasteiger partial charge in [-0.1, -0.05) is 37.3 Å². The van der Waals surface area contributed by atoms with Crippen molar-refractivity contribution < 1.29 is 14.3 Å². The zero-order chi connectivity index (χ0) is 19.4. The first-order chi connectivity index (χ1) is 12.9. The molecule has 3 rings (SSSR count). The van der Waals surface area contributed by atoms with Gasteiger partial charge in [0.1, 0.15) is 0 Å². The SMILES string of the molecule is Cc1ccc(CC(=O)OCC(=O)N2CC[C@@H](C)Sc3ccccc32)cc1C. The maximum Gasteiger partial charge on any atom is 0.310 e. The largest absolute Gasteiger partial charge is 0.455 e. The van der Waals surface area contributed by atoms with Crippen molar-refractivity contribution in [2.45, 2.75) is 43.8 Å². The summed E-state index contributed by atoms with van der Waals surface area (Å²) in [6.45, 7) is 6.63. The fourth-order valence-corrected chi connectivity index (χ4v) is 4.21. The molecule has 2 aromatic carbocycles. The third-order valence-corrected chi connectivity index (χ3v) is 6.06. The predicted molar refractivity (Wildman–Crippen MR) is 109 cm³/mol. The predicted octanol–water partition coefficient (Wildman–Crippen LogP) is 4.31. The summed E-state index contributed by atoms with van der Waals surface area (Å²) < 4.78 is 5.28. The number of nitrogens with zero attached hydrogens (tertiary/aromatic N) is 1. The van der Waals surface area contributed by atoms with Gasteiger partial charge in [0, 0.05) is 16.7 Å². The lowest BCUT2D eigenvalue weighted by atomic mass is 10.0. The number of ether oxygens (including phenoxy) is 1. The quantitative estimate of drug-likeness (QED) is 0.738. The van der Waals surface area contributed by atoms with E-state index in [0.717, 1.165) is 28.1 Å². The standard InChI is InChI=1S/C22H25NO3S/c1-15-8-9-18(12-16(15)2)13-22(25)26-14-21(24)23-11-10-17(3)27-20-7-5-4-6-19(20)23/h4-9,12,17H,10-11,13-14H2,1-3H3/t17-/m1/s1. The van der Waals surface area contributed by atoms with Crippen LogP contribution in [0.2, 0.25) is 0 Å². The molecule has 0 N–H and O–H groups in total. The summed E-state index contributed by atoms with van der Waals surface area (Å²) in [5.41, 5.74) is 4.14. The molecule has 1 aliphatic rings. The van der Waals surface area contributed by atoms with Crippen molar-refractivity contribution in [3.8, 4) is 0 Å². The Morgan fingerprint density at radius 3 is 2.70 bits per heavy atom. The Morgan fingerprint density at radius 1 is 1.15 bits per heavy atom. The summed E-state index contributed by atoms with van der Waals surface area (Å²) in [4.78, 5) is 27.7. The van der Waals surface area contributed by atoms with Gasteiger partial charge in [-0.3, -0.25) is 9.59 Å². The molecule has 5 heteroatoms. The van der Waals surface area contributed by atoms with E-state index in [0.29, 0.717) is 11.8 Å². The molecule has 0 saturated carbocycles. The molecule has 0 saturated heterocycles. The molecule has 0 unspecified atom stereocenters. The van der Waals surface area contributed by atoms with Gasteiger partial charge in [-0.15, -0.1) is 11.8 Å². The minimum Gasteiger partial charge on any atom is -0.455 e. The molecule has 142 valence electrons. The fourth-order valence-electron chi connectivity index (χ4n) is 3.10. The average molecular weight is 384 g/mol. The molecule has 0 spiro atoms. The monoisotopic (exact) mass is 383 g/mol. The Hall–Kier alpha value is -2.27. The minimum absolute atomic E-state index is 0.175.